The first kappa shape index (κ1) is 15.1. The molecule has 0 radical (unpaired) electrons. The zero-order valence-electron chi connectivity index (χ0n) is 12.6. The number of carbonyl (C=O) groups is 2. The number of nitrogens with zero attached hydrogens (tertiary/aromatic N) is 2. The van der Waals surface area contributed by atoms with E-state index in [4.69, 9.17) is 10.5 Å². The van der Waals surface area contributed by atoms with Crippen LogP contribution in [-0.4, -0.2) is 34.0 Å². The number of nitrogens with one attached hydrogen (secondary N) is 1. The molecule has 0 saturated carbocycles. The van der Waals surface area contributed by atoms with Gasteiger partial charge >= 0.3 is 0 Å². The Bertz CT molecular complexity index is 726. The normalized spacial score (nSPS) is 16.4. The Kier molecular flexibility index (Phi) is 4.27. The van der Waals surface area contributed by atoms with Gasteiger partial charge in [-0.3, -0.25) is 9.59 Å². The summed E-state index contributed by atoms with van der Waals surface area (Å²) in [5.74, 6) is 0.772. The lowest BCUT2D eigenvalue weighted by molar-refractivity contribution is -0.124. The number of imidazole rings is 1. The van der Waals surface area contributed by atoms with Gasteiger partial charge in [-0.05, 0) is 24.6 Å². The Labute approximate surface area is 133 Å². The minimum atomic E-state index is -0.529. The highest BCUT2D eigenvalue weighted by Gasteiger charge is 2.20. The van der Waals surface area contributed by atoms with Gasteiger partial charge in [0.2, 0.25) is 5.91 Å². The van der Waals surface area contributed by atoms with Gasteiger partial charge in [0, 0.05) is 37.0 Å². The number of aryl methyl sites for hydroxylation is 1. The number of hydrogen-bond acceptors (Lipinski definition) is 4. The first-order valence-corrected chi connectivity index (χ1v) is 7.44. The van der Waals surface area contributed by atoms with Gasteiger partial charge in [-0.15, -0.1) is 0 Å². The Morgan fingerprint density at radius 3 is 3.13 bits per heavy atom. The summed E-state index contributed by atoms with van der Waals surface area (Å²) >= 11 is 0. The van der Waals surface area contributed by atoms with E-state index >= 15 is 0 Å². The van der Waals surface area contributed by atoms with E-state index in [9.17, 15) is 9.59 Å². The predicted octanol–water partition coefficient (Wildman–Crippen LogP) is 0.492. The van der Waals surface area contributed by atoms with Crippen LogP contribution in [0.5, 0.6) is 5.75 Å². The van der Waals surface area contributed by atoms with Crippen LogP contribution in [0.15, 0.2) is 36.7 Å². The SMILES string of the molecule is NC(=O)c1cccc(OCC(=O)NC2CCc3nccn3C2)c1. The molecule has 1 aromatic heterocycles. The second kappa shape index (κ2) is 6.51. The molecular weight excluding hydrogens is 296 g/mol. The molecule has 1 aliphatic heterocycles. The van der Waals surface area contributed by atoms with Crippen LogP contribution in [0.4, 0.5) is 0 Å². The number of primary amides is 1. The lowest BCUT2D eigenvalue weighted by atomic mass is 10.1. The van der Waals surface area contributed by atoms with Crippen LogP contribution in [0.25, 0.3) is 0 Å². The first-order chi connectivity index (χ1) is 11.1. The Morgan fingerprint density at radius 2 is 2.30 bits per heavy atom. The molecular formula is C16H18N4O3. The van der Waals surface area contributed by atoms with Crippen LogP contribution in [0.3, 0.4) is 0 Å². The zero-order chi connectivity index (χ0) is 16.2. The van der Waals surface area contributed by atoms with Crippen LogP contribution in [-0.2, 0) is 17.8 Å². The topological polar surface area (TPSA) is 99.2 Å². The second-order valence-electron chi connectivity index (χ2n) is 5.48. The van der Waals surface area contributed by atoms with Crippen molar-refractivity contribution in [3.05, 3.63) is 48.0 Å². The third-order valence-electron chi connectivity index (χ3n) is 3.79. The summed E-state index contributed by atoms with van der Waals surface area (Å²) in [5.41, 5.74) is 5.56. The Morgan fingerprint density at radius 1 is 1.43 bits per heavy atom. The number of fused-ring (bicyclic) bond motifs is 1. The molecule has 1 unspecified atom stereocenters. The number of benzene rings is 1. The van der Waals surface area contributed by atoms with Crippen LogP contribution in [0.2, 0.25) is 0 Å². The fraction of sp³-hybridized carbons (Fsp3) is 0.312. The van der Waals surface area contributed by atoms with E-state index in [0.29, 0.717) is 11.3 Å². The van der Waals surface area contributed by atoms with Gasteiger partial charge in [0.15, 0.2) is 6.61 Å². The van der Waals surface area contributed by atoms with E-state index in [0.717, 1.165) is 25.2 Å². The van der Waals surface area contributed by atoms with Crippen molar-refractivity contribution in [2.24, 2.45) is 5.73 Å². The molecule has 1 aromatic carbocycles. The molecule has 2 amide bonds. The smallest absolute Gasteiger partial charge is 0.258 e. The summed E-state index contributed by atoms with van der Waals surface area (Å²) in [6.45, 7) is 0.619. The van der Waals surface area contributed by atoms with Crippen LogP contribution < -0.4 is 15.8 Å². The average molecular weight is 314 g/mol. The number of ether oxygens (including phenoxy) is 1. The fourth-order valence-electron chi connectivity index (χ4n) is 2.64. The highest BCUT2D eigenvalue weighted by atomic mass is 16.5. The molecule has 0 fully saturated rings. The van der Waals surface area contributed by atoms with Crippen molar-refractivity contribution in [1.29, 1.82) is 0 Å². The van der Waals surface area contributed by atoms with E-state index in [2.05, 4.69) is 10.3 Å². The fourth-order valence-corrected chi connectivity index (χ4v) is 2.64. The van der Waals surface area contributed by atoms with Gasteiger partial charge in [-0.1, -0.05) is 6.07 Å². The zero-order valence-corrected chi connectivity index (χ0v) is 12.6. The molecule has 2 heterocycles. The van der Waals surface area contributed by atoms with Crippen molar-refractivity contribution < 1.29 is 14.3 Å². The molecule has 2 aromatic rings. The van der Waals surface area contributed by atoms with Crippen molar-refractivity contribution >= 4 is 11.8 Å². The van der Waals surface area contributed by atoms with Crippen molar-refractivity contribution in [1.82, 2.24) is 14.9 Å². The molecule has 0 bridgehead atoms. The number of amides is 2. The van der Waals surface area contributed by atoms with Gasteiger partial charge in [-0.25, -0.2) is 4.98 Å². The lowest BCUT2D eigenvalue weighted by Crippen LogP contribution is -2.42. The molecule has 0 aliphatic carbocycles. The van der Waals surface area contributed by atoms with Gasteiger partial charge in [0.05, 0.1) is 0 Å². The van der Waals surface area contributed by atoms with Crippen molar-refractivity contribution in [3.63, 3.8) is 0 Å². The van der Waals surface area contributed by atoms with E-state index in [1.807, 2.05) is 10.8 Å². The maximum absolute atomic E-state index is 12.0. The third-order valence-corrected chi connectivity index (χ3v) is 3.79. The minimum Gasteiger partial charge on any atom is -0.484 e. The van der Waals surface area contributed by atoms with E-state index in [-0.39, 0.29) is 18.6 Å². The number of hydrogen-bond donors (Lipinski definition) is 2. The highest BCUT2D eigenvalue weighted by molar-refractivity contribution is 5.93. The summed E-state index contributed by atoms with van der Waals surface area (Å²) < 4.78 is 7.46. The third kappa shape index (κ3) is 3.68. The summed E-state index contributed by atoms with van der Waals surface area (Å²) in [5, 5.41) is 2.95. The minimum absolute atomic E-state index is 0.0738. The molecule has 7 nitrogen and oxygen atoms in total. The number of nitrogens with two attached hydrogens (primary N) is 1. The van der Waals surface area contributed by atoms with Gasteiger partial charge in [0.25, 0.3) is 5.91 Å². The van der Waals surface area contributed by atoms with E-state index in [1.54, 1.807) is 24.4 Å². The van der Waals surface area contributed by atoms with Crippen molar-refractivity contribution in [3.8, 4) is 5.75 Å². The summed E-state index contributed by atoms with van der Waals surface area (Å²) in [7, 11) is 0. The summed E-state index contributed by atoms with van der Waals surface area (Å²) in [6, 6.07) is 6.53. The van der Waals surface area contributed by atoms with Crippen LogP contribution in [0.1, 0.15) is 22.6 Å². The Balaban J connectivity index is 1.50. The van der Waals surface area contributed by atoms with Gasteiger partial charge in [0.1, 0.15) is 11.6 Å². The lowest BCUT2D eigenvalue weighted by Gasteiger charge is -2.24. The summed E-state index contributed by atoms with van der Waals surface area (Å²) in [6.07, 6.45) is 5.40. The van der Waals surface area contributed by atoms with E-state index < -0.39 is 5.91 Å². The maximum atomic E-state index is 12.0. The molecule has 1 atom stereocenters. The summed E-state index contributed by atoms with van der Waals surface area (Å²) in [4.78, 5) is 27.4. The molecule has 120 valence electrons. The highest BCUT2D eigenvalue weighted by Crippen LogP contribution is 2.14. The van der Waals surface area contributed by atoms with Crippen LogP contribution in [0, 0.1) is 0 Å². The maximum Gasteiger partial charge on any atom is 0.258 e. The number of carbonyl (C=O) groups excluding carboxylic acids is 2. The molecule has 0 saturated heterocycles. The largest absolute Gasteiger partial charge is 0.484 e. The van der Waals surface area contributed by atoms with Crippen LogP contribution >= 0.6 is 0 Å². The van der Waals surface area contributed by atoms with Crippen molar-refractivity contribution in [2.75, 3.05) is 6.61 Å². The number of rotatable bonds is 5. The van der Waals surface area contributed by atoms with Gasteiger partial charge < -0.3 is 20.4 Å². The standard InChI is InChI=1S/C16H18N4O3/c17-16(22)11-2-1-3-13(8-11)23-10-15(21)19-12-4-5-14-18-6-7-20(14)9-12/h1-3,6-8,12H,4-5,9-10H2,(H2,17,22)(H,19,21). The molecule has 3 rings (SSSR count). The number of aromatic nitrogens is 2. The molecule has 7 heteroatoms. The Hall–Kier alpha value is -2.83. The average Bonchev–Trinajstić information content (AvgIpc) is 3.01. The van der Waals surface area contributed by atoms with Crippen molar-refractivity contribution in [2.45, 2.75) is 25.4 Å². The molecule has 3 N–H and O–H groups in total. The second-order valence-corrected chi connectivity index (χ2v) is 5.48. The molecule has 0 spiro atoms. The first-order valence-electron chi connectivity index (χ1n) is 7.44. The van der Waals surface area contributed by atoms with Gasteiger partial charge in [-0.2, -0.15) is 0 Å². The van der Waals surface area contributed by atoms with E-state index in [1.165, 1.54) is 6.07 Å². The molecule has 1 aliphatic rings. The molecule has 23 heavy (non-hydrogen) atoms. The predicted molar refractivity (Wildman–Crippen MR) is 82.9 cm³/mol. The quantitative estimate of drug-likeness (QED) is 0.839. The monoisotopic (exact) mass is 314 g/mol.